The number of ketones is 3. The summed E-state index contributed by atoms with van der Waals surface area (Å²) in [5, 5.41) is 0. The maximum Gasteiger partial charge on any atom is 0.163 e. The lowest BCUT2D eigenvalue weighted by Crippen LogP contribution is -2.46. The first-order valence-electron chi connectivity index (χ1n) is 23.1. The lowest BCUT2D eigenvalue weighted by Gasteiger charge is -2.54. The molecule has 7 heteroatoms. The van der Waals surface area contributed by atoms with E-state index in [4.69, 9.17) is 4.74 Å². The van der Waals surface area contributed by atoms with Crippen molar-refractivity contribution < 1.29 is 19.1 Å². The first kappa shape index (κ1) is 41.3. The number of rotatable bonds is 16. The molecule has 0 aromatic heterocycles. The van der Waals surface area contributed by atoms with Gasteiger partial charge in [0.25, 0.3) is 0 Å². The lowest BCUT2D eigenvalue weighted by atomic mass is 9.51. The first-order chi connectivity index (χ1) is 28.1. The van der Waals surface area contributed by atoms with Crippen LogP contribution >= 0.6 is 0 Å². The highest BCUT2D eigenvalue weighted by molar-refractivity contribution is 6.03. The number of anilines is 1. The van der Waals surface area contributed by atoms with Crippen LogP contribution in [0.15, 0.2) is 59.2 Å². The van der Waals surface area contributed by atoms with Gasteiger partial charge in [-0.1, -0.05) is 35.9 Å². The standard InChI is InChI=1S/C51H69N3O4/c1-5-54(44-14-21-58-22-15-44)49-31-41(30-47(36(49)4)50(56)13-12-46-35(3)23-34(2)24-51(46)57)40-10-8-37(9-11-40)33-53-19-17-52(18-20-53)16-6-7-45(55)32-48-42-26-38-25-39(28-42)29-43(48)27-38/h8-11,23,30-31,38-39,42-44,48H,5-7,12-22,24-29,32-33H2,1-4H3. The van der Waals surface area contributed by atoms with Gasteiger partial charge in [-0.2, -0.15) is 0 Å². The second-order valence-corrected chi connectivity index (χ2v) is 19.2. The van der Waals surface area contributed by atoms with Crippen LogP contribution in [-0.4, -0.2) is 85.7 Å². The van der Waals surface area contributed by atoms with E-state index < -0.39 is 0 Å². The largest absolute Gasteiger partial charge is 0.381 e. The van der Waals surface area contributed by atoms with Crippen molar-refractivity contribution in [3.63, 3.8) is 0 Å². The topological polar surface area (TPSA) is 70.2 Å². The molecule has 4 saturated carbocycles. The summed E-state index contributed by atoms with van der Waals surface area (Å²) < 4.78 is 5.72. The van der Waals surface area contributed by atoms with Crippen LogP contribution in [0.3, 0.4) is 0 Å². The van der Waals surface area contributed by atoms with Crippen LogP contribution in [0.25, 0.3) is 11.1 Å². The van der Waals surface area contributed by atoms with Crippen LogP contribution < -0.4 is 4.90 Å². The zero-order chi connectivity index (χ0) is 40.3. The molecule has 2 heterocycles. The minimum atomic E-state index is 0.1000. The molecule has 4 bridgehead atoms. The minimum absolute atomic E-state index is 0.1000. The molecule has 2 saturated heterocycles. The first-order valence-corrected chi connectivity index (χ1v) is 23.1. The summed E-state index contributed by atoms with van der Waals surface area (Å²) in [5.74, 6) is 5.14. The molecule has 7 aliphatic rings. The minimum Gasteiger partial charge on any atom is -0.381 e. The van der Waals surface area contributed by atoms with Gasteiger partial charge in [-0.15, -0.1) is 0 Å². The van der Waals surface area contributed by atoms with E-state index in [-0.39, 0.29) is 11.6 Å². The van der Waals surface area contributed by atoms with Gasteiger partial charge in [0.1, 0.15) is 5.78 Å². The van der Waals surface area contributed by atoms with Crippen molar-refractivity contribution in [3.05, 3.63) is 75.9 Å². The van der Waals surface area contributed by atoms with Gasteiger partial charge in [0.05, 0.1) is 0 Å². The highest BCUT2D eigenvalue weighted by Gasteiger charge is 2.48. The number of hydrogen-bond donors (Lipinski definition) is 0. The average molecular weight is 788 g/mol. The van der Waals surface area contributed by atoms with E-state index in [0.29, 0.717) is 37.0 Å². The van der Waals surface area contributed by atoms with Crippen molar-refractivity contribution in [3.8, 4) is 11.1 Å². The van der Waals surface area contributed by atoms with Gasteiger partial charge in [-0.25, -0.2) is 0 Å². The zero-order valence-corrected chi connectivity index (χ0v) is 36.0. The van der Waals surface area contributed by atoms with Gasteiger partial charge in [0.15, 0.2) is 11.6 Å². The van der Waals surface area contributed by atoms with E-state index in [1.807, 2.05) is 13.8 Å². The Bertz CT molecular complexity index is 1850. The number of ether oxygens (including phenoxy) is 1. The maximum absolute atomic E-state index is 14.1. The zero-order valence-electron chi connectivity index (χ0n) is 36.0. The highest BCUT2D eigenvalue weighted by atomic mass is 16.5. The predicted octanol–water partition coefficient (Wildman–Crippen LogP) is 9.80. The molecular formula is C51H69N3O4. The van der Waals surface area contributed by atoms with Crippen molar-refractivity contribution >= 4 is 23.0 Å². The van der Waals surface area contributed by atoms with Crippen molar-refractivity contribution in [1.29, 1.82) is 0 Å². The molecule has 58 heavy (non-hydrogen) atoms. The molecule has 0 amide bonds. The molecule has 9 rings (SSSR count). The summed E-state index contributed by atoms with van der Waals surface area (Å²) in [5.41, 5.74) is 9.29. The van der Waals surface area contributed by atoms with Gasteiger partial charge in [0, 0.05) is 95.5 Å². The Morgan fingerprint density at radius 1 is 0.828 bits per heavy atom. The summed E-state index contributed by atoms with van der Waals surface area (Å²) in [7, 11) is 0. The average Bonchev–Trinajstić information content (AvgIpc) is 3.21. The van der Waals surface area contributed by atoms with Crippen LogP contribution in [0.4, 0.5) is 5.69 Å². The third-order valence-electron chi connectivity index (χ3n) is 15.3. The fourth-order valence-electron chi connectivity index (χ4n) is 12.3. The quantitative estimate of drug-likeness (QED) is 0.157. The number of allylic oxidation sites excluding steroid dienone is 4. The fourth-order valence-corrected chi connectivity index (χ4v) is 12.3. The monoisotopic (exact) mass is 788 g/mol. The Morgan fingerprint density at radius 3 is 2.16 bits per heavy atom. The summed E-state index contributed by atoms with van der Waals surface area (Å²) in [6, 6.07) is 13.7. The van der Waals surface area contributed by atoms with Gasteiger partial charge >= 0.3 is 0 Å². The molecule has 2 aliphatic heterocycles. The second-order valence-electron chi connectivity index (χ2n) is 19.2. The van der Waals surface area contributed by atoms with Crippen LogP contribution in [0.1, 0.15) is 126 Å². The summed E-state index contributed by atoms with van der Waals surface area (Å²) in [4.78, 5) is 47.7. The molecule has 2 aromatic rings. The smallest absolute Gasteiger partial charge is 0.163 e. The van der Waals surface area contributed by atoms with Crippen molar-refractivity contribution in [2.75, 3.05) is 57.4 Å². The Hall–Kier alpha value is -3.39. The van der Waals surface area contributed by atoms with Crippen molar-refractivity contribution in [2.45, 2.75) is 124 Å². The van der Waals surface area contributed by atoms with E-state index in [1.54, 1.807) is 0 Å². The Balaban J connectivity index is 0.871. The Morgan fingerprint density at radius 2 is 1.50 bits per heavy atom. The Kier molecular flexibility index (Phi) is 13.2. The van der Waals surface area contributed by atoms with Crippen LogP contribution in [-0.2, 0) is 20.9 Å². The van der Waals surface area contributed by atoms with E-state index >= 15 is 0 Å². The van der Waals surface area contributed by atoms with Gasteiger partial charge < -0.3 is 14.5 Å². The Labute approximate surface area is 348 Å². The summed E-state index contributed by atoms with van der Waals surface area (Å²) in [6.07, 6.45) is 15.0. The third-order valence-corrected chi connectivity index (χ3v) is 15.3. The van der Waals surface area contributed by atoms with E-state index in [1.165, 1.54) is 37.7 Å². The van der Waals surface area contributed by atoms with Crippen molar-refractivity contribution in [2.24, 2.45) is 29.6 Å². The number of carbonyl (C=O) groups excluding carboxylic acids is 3. The molecule has 0 atom stereocenters. The van der Waals surface area contributed by atoms with Gasteiger partial charge in [-0.05, 0) is 167 Å². The lowest BCUT2D eigenvalue weighted by molar-refractivity contribution is -0.124. The molecular weight excluding hydrogens is 719 g/mol. The number of hydrogen-bond acceptors (Lipinski definition) is 7. The van der Waals surface area contributed by atoms with Gasteiger partial charge in [-0.3, -0.25) is 19.3 Å². The highest BCUT2D eigenvalue weighted by Crippen LogP contribution is 2.57. The summed E-state index contributed by atoms with van der Waals surface area (Å²) in [6.45, 7) is 16.9. The van der Waals surface area contributed by atoms with Gasteiger partial charge in [0.2, 0.25) is 0 Å². The molecule has 0 radical (unpaired) electrons. The number of piperazine rings is 1. The fraction of sp³-hybridized carbons (Fsp3) is 0.627. The summed E-state index contributed by atoms with van der Waals surface area (Å²) >= 11 is 0. The second kappa shape index (κ2) is 18.5. The molecule has 312 valence electrons. The number of nitrogens with zero attached hydrogens (tertiary/aromatic N) is 3. The molecule has 6 fully saturated rings. The van der Waals surface area contributed by atoms with Crippen LogP contribution in [0.5, 0.6) is 0 Å². The van der Waals surface area contributed by atoms with Crippen LogP contribution in [0.2, 0.25) is 0 Å². The van der Waals surface area contributed by atoms with E-state index in [2.05, 4.69) is 71.0 Å². The van der Waals surface area contributed by atoms with Crippen LogP contribution in [0, 0.1) is 36.5 Å². The molecule has 0 spiro atoms. The molecule has 0 N–H and O–H groups in total. The van der Waals surface area contributed by atoms with E-state index in [9.17, 15) is 14.4 Å². The normalized spacial score (nSPS) is 26.7. The number of Topliss-reactive ketones (excluding diaryl/α,β-unsaturated/α-hetero) is 3. The molecule has 2 aromatic carbocycles. The third kappa shape index (κ3) is 9.48. The molecule has 7 nitrogen and oxygen atoms in total. The predicted molar refractivity (Wildman–Crippen MR) is 234 cm³/mol. The maximum atomic E-state index is 14.1. The molecule has 0 unspecified atom stereocenters. The number of carbonyl (C=O) groups is 3. The number of benzene rings is 2. The van der Waals surface area contributed by atoms with E-state index in [0.717, 1.165) is 159 Å². The SMILES string of the molecule is CCN(c1cc(-c2ccc(CN3CCN(CCCC(=O)CC4C5CC6CC(C5)CC4C6)CC3)cc2)cc(C(=O)CCC2=C(C)C=C(C)CC2=O)c1C)C1CCOCC1. The van der Waals surface area contributed by atoms with Crippen molar-refractivity contribution in [1.82, 2.24) is 9.80 Å². The molecule has 5 aliphatic carbocycles.